The lowest BCUT2D eigenvalue weighted by molar-refractivity contribution is 0.363. The molecule has 3 N–H and O–H groups in total. The summed E-state index contributed by atoms with van der Waals surface area (Å²) in [6, 6.07) is 5.88. The fraction of sp³-hybridized carbons (Fsp3) is 0.400. The van der Waals surface area contributed by atoms with Gasteiger partial charge in [-0.2, -0.15) is 10.2 Å². The zero-order valence-corrected chi connectivity index (χ0v) is 17.8. The highest BCUT2D eigenvalue weighted by atomic mass is 79.9. The molecule has 8 nitrogen and oxygen atoms in total. The molecule has 4 heterocycles. The number of aliphatic imine (C=N–C) groups is 1. The third-order valence-corrected chi connectivity index (χ3v) is 5.88. The lowest BCUT2D eigenvalue weighted by Gasteiger charge is -2.30. The lowest BCUT2D eigenvalue weighted by Crippen LogP contribution is -2.38. The molecule has 0 radical (unpaired) electrons. The second-order valence-electron chi connectivity index (χ2n) is 7.20. The number of hydrogen-bond donors (Lipinski definition) is 2. The van der Waals surface area contributed by atoms with Gasteiger partial charge in [0.25, 0.3) is 0 Å². The average Bonchev–Trinajstić information content (AvgIpc) is 3.20. The van der Waals surface area contributed by atoms with E-state index in [1.54, 1.807) is 11.2 Å². The number of nitrogens with two attached hydrogens (primary N) is 1. The SMILES string of the molecule is NC1=C(Br)C(C2CCCNC2)=NCN1/N=C\Cc1cnn(Cc2ccccn2)c1. The van der Waals surface area contributed by atoms with E-state index in [2.05, 4.69) is 36.4 Å². The Balaban J connectivity index is 1.34. The van der Waals surface area contributed by atoms with Crippen LogP contribution in [0.15, 0.2) is 57.2 Å². The van der Waals surface area contributed by atoms with Crippen LogP contribution < -0.4 is 11.1 Å². The van der Waals surface area contributed by atoms with Crippen LogP contribution in [-0.4, -0.2) is 51.5 Å². The van der Waals surface area contributed by atoms with Crippen LogP contribution in [0.4, 0.5) is 0 Å². The number of rotatable bonds is 6. The van der Waals surface area contributed by atoms with Crippen LogP contribution in [0.2, 0.25) is 0 Å². The summed E-state index contributed by atoms with van der Waals surface area (Å²) >= 11 is 3.63. The maximum atomic E-state index is 6.31. The van der Waals surface area contributed by atoms with E-state index in [1.165, 1.54) is 6.42 Å². The molecule has 1 atom stereocenters. The summed E-state index contributed by atoms with van der Waals surface area (Å²) < 4.78 is 2.74. The molecule has 1 unspecified atom stereocenters. The minimum Gasteiger partial charge on any atom is -0.383 e. The molecule has 4 rings (SSSR count). The molecule has 2 aliphatic heterocycles. The van der Waals surface area contributed by atoms with Gasteiger partial charge in [0.05, 0.1) is 28.6 Å². The van der Waals surface area contributed by atoms with Crippen LogP contribution in [0.3, 0.4) is 0 Å². The molecule has 1 fully saturated rings. The van der Waals surface area contributed by atoms with Crippen molar-refractivity contribution in [2.45, 2.75) is 25.8 Å². The minimum atomic E-state index is 0.410. The van der Waals surface area contributed by atoms with Crippen LogP contribution in [0.1, 0.15) is 24.1 Å². The summed E-state index contributed by atoms with van der Waals surface area (Å²) in [7, 11) is 0. The first-order valence-electron chi connectivity index (χ1n) is 9.82. The Morgan fingerprint density at radius 1 is 1.38 bits per heavy atom. The number of aromatic nitrogens is 3. The Kier molecular flexibility index (Phi) is 6.36. The molecule has 0 amide bonds. The van der Waals surface area contributed by atoms with Gasteiger partial charge >= 0.3 is 0 Å². The van der Waals surface area contributed by atoms with Gasteiger partial charge in [0.15, 0.2) is 0 Å². The Bertz CT molecular complexity index is 912. The third-order valence-electron chi connectivity index (χ3n) is 5.07. The molecule has 29 heavy (non-hydrogen) atoms. The van der Waals surface area contributed by atoms with Gasteiger partial charge in [-0.15, -0.1) is 0 Å². The van der Waals surface area contributed by atoms with Gasteiger partial charge in [-0.3, -0.25) is 14.7 Å². The van der Waals surface area contributed by atoms with E-state index < -0.39 is 0 Å². The lowest BCUT2D eigenvalue weighted by atomic mass is 9.93. The van der Waals surface area contributed by atoms with Crippen molar-refractivity contribution in [1.29, 1.82) is 0 Å². The Morgan fingerprint density at radius 2 is 2.31 bits per heavy atom. The normalized spacial score (nSPS) is 20.4. The molecule has 2 aromatic heterocycles. The zero-order valence-electron chi connectivity index (χ0n) is 16.2. The van der Waals surface area contributed by atoms with Crippen LogP contribution in [0.5, 0.6) is 0 Å². The Morgan fingerprint density at radius 3 is 3.10 bits per heavy atom. The van der Waals surface area contributed by atoms with Crippen molar-refractivity contribution in [3.63, 3.8) is 0 Å². The van der Waals surface area contributed by atoms with Crippen LogP contribution in [-0.2, 0) is 13.0 Å². The van der Waals surface area contributed by atoms with E-state index in [0.29, 0.717) is 31.4 Å². The molecule has 0 saturated carbocycles. The van der Waals surface area contributed by atoms with Gasteiger partial charge in [0, 0.05) is 37.5 Å². The predicted molar refractivity (Wildman–Crippen MR) is 118 cm³/mol. The number of pyridine rings is 1. The number of piperidine rings is 1. The molecule has 152 valence electrons. The van der Waals surface area contributed by atoms with Crippen molar-refractivity contribution >= 4 is 27.9 Å². The van der Waals surface area contributed by atoms with Crippen molar-refractivity contribution < 1.29 is 0 Å². The number of nitrogens with one attached hydrogen (secondary N) is 1. The van der Waals surface area contributed by atoms with Crippen molar-refractivity contribution in [1.82, 2.24) is 25.1 Å². The van der Waals surface area contributed by atoms with E-state index in [4.69, 9.17) is 10.7 Å². The number of nitrogens with zero attached hydrogens (tertiary/aromatic N) is 6. The Labute approximate surface area is 178 Å². The maximum absolute atomic E-state index is 6.31. The van der Waals surface area contributed by atoms with Crippen molar-refractivity contribution in [3.8, 4) is 0 Å². The smallest absolute Gasteiger partial charge is 0.138 e. The molecule has 9 heteroatoms. The molecule has 2 aliphatic rings. The standard InChI is InChI=1S/C20H25BrN8/c21-18-19(16-4-3-7-23-11-16)25-14-29(20(18)22)26-9-6-15-10-27-28(12-15)13-17-5-1-2-8-24-17/h1-2,5,8-10,12,16,23H,3-4,6-7,11,13-14,22H2/b26-9-. The van der Waals surface area contributed by atoms with Gasteiger partial charge in [-0.1, -0.05) is 6.07 Å². The van der Waals surface area contributed by atoms with E-state index >= 15 is 0 Å². The first-order valence-corrected chi connectivity index (χ1v) is 10.6. The summed E-state index contributed by atoms with van der Waals surface area (Å²) in [6.07, 6.45) is 10.5. The Hall–Kier alpha value is -2.52. The molecular weight excluding hydrogens is 432 g/mol. The summed E-state index contributed by atoms with van der Waals surface area (Å²) in [5.41, 5.74) is 9.43. The summed E-state index contributed by atoms with van der Waals surface area (Å²) in [5, 5.41) is 14.1. The van der Waals surface area contributed by atoms with Gasteiger partial charge in [-0.25, -0.2) is 5.01 Å². The van der Waals surface area contributed by atoms with Crippen LogP contribution in [0.25, 0.3) is 0 Å². The van der Waals surface area contributed by atoms with Gasteiger partial charge in [-0.05, 0) is 53.0 Å². The van der Waals surface area contributed by atoms with Crippen molar-refractivity contribution in [3.05, 3.63) is 58.4 Å². The number of allylic oxidation sites excluding steroid dienone is 1. The topological polar surface area (TPSA) is 96.7 Å². The maximum Gasteiger partial charge on any atom is 0.138 e. The first-order chi connectivity index (χ1) is 14.2. The largest absolute Gasteiger partial charge is 0.383 e. The average molecular weight is 457 g/mol. The van der Waals surface area contributed by atoms with Crippen LogP contribution in [0, 0.1) is 5.92 Å². The van der Waals surface area contributed by atoms with Crippen molar-refractivity contribution in [2.75, 3.05) is 19.8 Å². The number of hydrazone groups is 1. The molecule has 0 bridgehead atoms. The predicted octanol–water partition coefficient (Wildman–Crippen LogP) is 2.09. The highest BCUT2D eigenvalue weighted by Crippen LogP contribution is 2.26. The van der Waals surface area contributed by atoms with Gasteiger partial charge in [0.2, 0.25) is 0 Å². The van der Waals surface area contributed by atoms with E-state index in [0.717, 1.165) is 41.0 Å². The summed E-state index contributed by atoms with van der Waals surface area (Å²) in [5.74, 6) is 1.02. The van der Waals surface area contributed by atoms with Gasteiger partial charge in [0.1, 0.15) is 12.5 Å². The second-order valence-corrected chi connectivity index (χ2v) is 7.99. The molecule has 2 aromatic rings. The van der Waals surface area contributed by atoms with Crippen LogP contribution >= 0.6 is 15.9 Å². The number of hydrogen-bond acceptors (Lipinski definition) is 7. The second kappa shape index (κ2) is 9.32. The first kappa shape index (κ1) is 19.8. The fourth-order valence-electron chi connectivity index (χ4n) is 3.53. The third kappa shape index (κ3) is 4.91. The quantitative estimate of drug-likeness (QED) is 0.648. The van der Waals surface area contributed by atoms with Crippen molar-refractivity contribution in [2.24, 2.45) is 21.7 Å². The molecule has 1 saturated heterocycles. The molecular formula is C20H25BrN8. The fourth-order valence-corrected chi connectivity index (χ4v) is 4.18. The molecule has 0 aromatic carbocycles. The highest BCUT2D eigenvalue weighted by molar-refractivity contribution is 9.12. The van der Waals surface area contributed by atoms with E-state index in [-0.39, 0.29) is 0 Å². The van der Waals surface area contributed by atoms with E-state index in [1.807, 2.05) is 41.5 Å². The molecule has 0 spiro atoms. The van der Waals surface area contributed by atoms with Gasteiger partial charge < -0.3 is 11.1 Å². The molecule has 0 aliphatic carbocycles. The highest BCUT2D eigenvalue weighted by Gasteiger charge is 2.26. The summed E-state index contributed by atoms with van der Waals surface area (Å²) in [4.78, 5) is 9.05. The summed E-state index contributed by atoms with van der Waals surface area (Å²) in [6.45, 7) is 3.13. The zero-order chi connectivity index (χ0) is 20.1. The number of halogens is 1. The minimum absolute atomic E-state index is 0.410. The van der Waals surface area contributed by atoms with E-state index in [9.17, 15) is 0 Å². The monoisotopic (exact) mass is 456 g/mol.